The van der Waals surface area contributed by atoms with Crippen LogP contribution in [0.25, 0.3) is 12.2 Å². The van der Waals surface area contributed by atoms with Crippen molar-refractivity contribution in [2.45, 2.75) is 0 Å². The maximum atomic E-state index is 9.81. The molecule has 0 aromatic heterocycles. The third-order valence-corrected chi connectivity index (χ3v) is 3.93. The zero-order chi connectivity index (χ0) is 14.8. The molecular formula is C16H14CoN2O2. The number of phenolic OH excluding ortho intramolecular Hbond substituents is 2. The molecule has 1 heterocycles. The molecule has 4 nitrogen and oxygen atoms in total. The van der Waals surface area contributed by atoms with Crippen molar-refractivity contribution in [3.8, 4) is 11.5 Å². The number of hydrogen-bond donors (Lipinski definition) is 3. The van der Waals surface area contributed by atoms with Gasteiger partial charge in [-0.25, -0.2) is 0 Å². The van der Waals surface area contributed by atoms with Gasteiger partial charge in [0, 0.05) is 0 Å². The molecule has 5 heteroatoms. The third kappa shape index (κ3) is 2.80. The molecule has 2 aromatic rings. The average molecular weight is 325 g/mol. The third-order valence-electron chi connectivity index (χ3n) is 3.16. The molecule has 0 radical (unpaired) electrons. The molecule has 1 saturated heterocycles. The van der Waals surface area contributed by atoms with Gasteiger partial charge in [-0.3, -0.25) is 0 Å². The van der Waals surface area contributed by atoms with Crippen LogP contribution in [0.5, 0.6) is 11.5 Å². The van der Waals surface area contributed by atoms with Crippen molar-refractivity contribution in [3.05, 3.63) is 71.1 Å². The molecule has 1 fully saturated rings. The summed E-state index contributed by atoms with van der Waals surface area (Å²) < 4.78 is 1.88. The predicted molar refractivity (Wildman–Crippen MR) is 78.2 cm³/mol. The molecule has 0 aliphatic carbocycles. The first-order chi connectivity index (χ1) is 10.2. The fourth-order valence-electron chi connectivity index (χ4n) is 2.02. The quantitative estimate of drug-likeness (QED) is 0.759. The summed E-state index contributed by atoms with van der Waals surface area (Å²) in [7, 11) is 0. The Morgan fingerprint density at radius 1 is 0.810 bits per heavy atom. The van der Waals surface area contributed by atoms with Gasteiger partial charge in [-0.15, -0.1) is 0 Å². The first kappa shape index (κ1) is 13.8. The molecule has 0 atom stereocenters. The summed E-state index contributed by atoms with van der Waals surface area (Å²) in [6, 6.07) is 14.3. The zero-order valence-electron chi connectivity index (χ0n) is 11.0. The van der Waals surface area contributed by atoms with E-state index in [0.717, 1.165) is 22.5 Å². The molecule has 1 aliphatic heterocycles. The van der Waals surface area contributed by atoms with Crippen LogP contribution >= 0.6 is 0 Å². The van der Waals surface area contributed by atoms with Crippen molar-refractivity contribution < 1.29 is 25.3 Å². The second-order valence-corrected chi connectivity index (χ2v) is 5.26. The normalized spacial score (nSPS) is 17.7. The van der Waals surface area contributed by atoms with E-state index in [4.69, 9.17) is 4.78 Å². The summed E-state index contributed by atoms with van der Waals surface area (Å²) in [4.78, 5) is 5.69. The molecule has 21 heavy (non-hydrogen) atoms. The van der Waals surface area contributed by atoms with Crippen molar-refractivity contribution in [1.82, 2.24) is 3.95 Å². The van der Waals surface area contributed by atoms with Gasteiger partial charge in [0.25, 0.3) is 0 Å². The van der Waals surface area contributed by atoms with E-state index in [1.165, 1.54) is 0 Å². The molecule has 4 N–H and O–H groups in total. The van der Waals surface area contributed by atoms with Gasteiger partial charge in [0.1, 0.15) is 0 Å². The molecular weight excluding hydrogens is 311 g/mol. The van der Waals surface area contributed by atoms with E-state index in [1.807, 2.05) is 40.4 Å². The Kier molecular flexibility index (Phi) is 3.70. The van der Waals surface area contributed by atoms with E-state index in [9.17, 15) is 10.2 Å². The van der Waals surface area contributed by atoms with Gasteiger partial charge in [0.15, 0.2) is 0 Å². The van der Waals surface area contributed by atoms with E-state index >= 15 is 0 Å². The molecule has 0 bridgehead atoms. The number of rotatable bonds is 3. The van der Waals surface area contributed by atoms with Crippen LogP contribution in [0.4, 0.5) is 0 Å². The summed E-state index contributed by atoms with van der Waals surface area (Å²) in [5.74, 6) is 0.457. The first-order valence-electron chi connectivity index (χ1n) is 6.30. The minimum atomic E-state index is 0.229. The summed E-state index contributed by atoms with van der Waals surface area (Å²) >= 11 is 0.634. The van der Waals surface area contributed by atoms with Crippen LogP contribution in [0, 0.1) is 0 Å². The van der Waals surface area contributed by atoms with Gasteiger partial charge in [-0.05, 0) is 0 Å². The summed E-state index contributed by atoms with van der Waals surface area (Å²) in [5.41, 5.74) is 3.34. The van der Waals surface area contributed by atoms with Crippen LogP contribution in [-0.2, 0) is 15.1 Å². The molecule has 109 valence electrons. The number of aromatic hydroxyl groups is 2. The van der Waals surface area contributed by atoms with Crippen LogP contribution in [0.1, 0.15) is 11.1 Å². The number of hydrogen-bond acceptors (Lipinski definition) is 4. The van der Waals surface area contributed by atoms with Crippen LogP contribution in [0.3, 0.4) is 0 Å². The van der Waals surface area contributed by atoms with E-state index in [0.29, 0.717) is 15.1 Å². The molecule has 1 aliphatic rings. The summed E-state index contributed by atoms with van der Waals surface area (Å²) in [5, 5.41) is 19.6. The minimum absolute atomic E-state index is 0.229. The Labute approximate surface area is 129 Å². The average Bonchev–Trinajstić information content (AvgIpc) is 3.15. The number of nitrogens with two attached hydrogens (primary N) is 1. The van der Waals surface area contributed by atoms with Crippen molar-refractivity contribution in [2.24, 2.45) is 4.78 Å². The second-order valence-electron chi connectivity index (χ2n) is 4.52. The van der Waals surface area contributed by atoms with E-state index < -0.39 is 0 Å². The van der Waals surface area contributed by atoms with Crippen molar-refractivity contribution in [2.75, 3.05) is 0 Å². The Morgan fingerprint density at radius 3 is 1.62 bits per heavy atom. The Hall–Kier alpha value is -2.21. The van der Waals surface area contributed by atoms with Crippen LogP contribution in [0.15, 0.2) is 59.9 Å². The summed E-state index contributed by atoms with van der Waals surface area (Å²) in [6.07, 6.45) is 3.75. The standard InChI is InChI=1S/C16H12NO2.Co.H2N/c18-15-7-3-1-5-11(15)9-13-14(17-13)10-12-6-2-4-8-16(12)19;;/h1-10,18-19H;;1H2/q-1;+2;-1. The van der Waals surface area contributed by atoms with Crippen LogP contribution < -0.4 is 4.78 Å². The fraction of sp³-hybridized carbons (Fsp3) is 0. The Bertz CT molecular complexity index is 679. The van der Waals surface area contributed by atoms with Crippen molar-refractivity contribution in [3.63, 3.8) is 0 Å². The molecule has 0 spiro atoms. The van der Waals surface area contributed by atoms with E-state index in [1.54, 1.807) is 24.3 Å². The van der Waals surface area contributed by atoms with Crippen LogP contribution in [0.2, 0.25) is 0 Å². The maximum absolute atomic E-state index is 9.81. The van der Waals surface area contributed by atoms with Gasteiger partial charge in [0.05, 0.1) is 0 Å². The predicted octanol–water partition coefficient (Wildman–Crippen LogP) is 2.67. The van der Waals surface area contributed by atoms with Gasteiger partial charge in [-0.2, -0.15) is 0 Å². The second kappa shape index (κ2) is 5.65. The topological polar surface area (TPSA) is 69.5 Å². The Morgan fingerprint density at radius 2 is 1.24 bits per heavy atom. The zero-order valence-corrected chi connectivity index (χ0v) is 12.1. The van der Waals surface area contributed by atoms with Gasteiger partial charge >= 0.3 is 129 Å². The monoisotopic (exact) mass is 325 g/mol. The number of phenols is 2. The van der Waals surface area contributed by atoms with Gasteiger partial charge in [0.2, 0.25) is 0 Å². The number of benzene rings is 2. The van der Waals surface area contributed by atoms with Gasteiger partial charge in [-0.1, -0.05) is 0 Å². The number of nitrogens with zero attached hydrogens (tertiary/aromatic N) is 1. The van der Waals surface area contributed by atoms with Gasteiger partial charge < -0.3 is 0 Å². The SMILES string of the molecule is [NH2][Co][N]1C(=Cc2ccccc2O)C1=Cc1ccccc1O. The fourth-order valence-corrected chi connectivity index (χ4v) is 2.63. The number of para-hydroxylation sites is 2. The van der Waals surface area contributed by atoms with Crippen molar-refractivity contribution >= 4 is 12.2 Å². The van der Waals surface area contributed by atoms with E-state index in [-0.39, 0.29) is 11.5 Å². The first-order valence-corrected chi connectivity index (χ1v) is 7.36. The molecule has 0 unspecified atom stereocenters. The molecule has 0 saturated carbocycles. The summed E-state index contributed by atoms with van der Waals surface area (Å²) in [6.45, 7) is 0. The Balaban J connectivity index is 1.95. The van der Waals surface area contributed by atoms with Crippen molar-refractivity contribution in [1.29, 1.82) is 0 Å². The van der Waals surface area contributed by atoms with E-state index in [2.05, 4.69) is 0 Å². The molecule has 0 amide bonds. The van der Waals surface area contributed by atoms with Crippen LogP contribution in [-0.4, -0.2) is 14.2 Å². The molecule has 3 rings (SSSR count). The molecule has 2 aromatic carbocycles.